The zero-order valence-electron chi connectivity index (χ0n) is 10.2. The van der Waals surface area contributed by atoms with E-state index in [0.29, 0.717) is 6.41 Å². The first-order valence-electron chi connectivity index (χ1n) is 5.48. The molecule has 0 atom stereocenters. The smallest absolute Gasteiger partial charge is 0.211 e. The number of carbonyl (C=O) groups is 1. The van der Waals surface area contributed by atoms with Crippen LogP contribution in [0.25, 0.3) is 0 Å². The number of carbonyl (C=O) groups excluding carboxylic acids is 1. The number of nitrogens with zero attached hydrogens (tertiary/aromatic N) is 2. The van der Waals surface area contributed by atoms with E-state index in [0.717, 1.165) is 27.1 Å². The average molecular weight is 259 g/mol. The molecular formula is C13H13N3OS. The second-order valence-corrected chi connectivity index (χ2v) is 4.87. The van der Waals surface area contributed by atoms with Crippen molar-refractivity contribution in [2.75, 3.05) is 5.32 Å². The summed E-state index contributed by atoms with van der Waals surface area (Å²) < 4.78 is 0. The van der Waals surface area contributed by atoms with E-state index < -0.39 is 0 Å². The van der Waals surface area contributed by atoms with Gasteiger partial charge in [-0.15, -0.1) is 0 Å². The van der Waals surface area contributed by atoms with Crippen LogP contribution >= 0.6 is 11.8 Å². The lowest BCUT2D eigenvalue weighted by molar-refractivity contribution is -0.105. The normalized spacial score (nSPS) is 10.1. The van der Waals surface area contributed by atoms with Gasteiger partial charge in [0, 0.05) is 22.0 Å². The molecule has 4 nitrogen and oxygen atoms in total. The van der Waals surface area contributed by atoms with Crippen LogP contribution in [-0.4, -0.2) is 16.4 Å². The van der Waals surface area contributed by atoms with Crippen LogP contribution in [0, 0.1) is 13.8 Å². The molecule has 0 unspecified atom stereocenters. The van der Waals surface area contributed by atoms with Gasteiger partial charge in [-0.25, -0.2) is 9.97 Å². The Balaban J connectivity index is 2.22. The number of amides is 1. The molecule has 0 radical (unpaired) electrons. The van der Waals surface area contributed by atoms with E-state index in [-0.39, 0.29) is 0 Å². The summed E-state index contributed by atoms with van der Waals surface area (Å²) in [5.74, 6) is 0. The SMILES string of the molecule is Cc1cc(C)nc(Sc2cccc(NC=O)c2)n1. The topological polar surface area (TPSA) is 54.9 Å². The highest BCUT2D eigenvalue weighted by Gasteiger charge is 2.03. The van der Waals surface area contributed by atoms with Crippen LogP contribution in [0.15, 0.2) is 40.4 Å². The van der Waals surface area contributed by atoms with Crippen molar-refractivity contribution in [3.05, 3.63) is 41.7 Å². The first-order chi connectivity index (χ1) is 8.67. The second kappa shape index (κ2) is 5.64. The van der Waals surface area contributed by atoms with Crippen molar-refractivity contribution in [3.8, 4) is 0 Å². The molecule has 1 heterocycles. The van der Waals surface area contributed by atoms with Gasteiger partial charge in [0.1, 0.15) is 0 Å². The fourth-order valence-corrected chi connectivity index (χ4v) is 2.48. The van der Waals surface area contributed by atoms with Gasteiger partial charge in [-0.2, -0.15) is 0 Å². The molecule has 0 fully saturated rings. The summed E-state index contributed by atoms with van der Waals surface area (Å²) in [5, 5.41) is 3.34. The van der Waals surface area contributed by atoms with Gasteiger partial charge in [-0.05, 0) is 49.9 Å². The molecule has 18 heavy (non-hydrogen) atoms. The lowest BCUT2D eigenvalue weighted by atomic mass is 10.3. The van der Waals surface area contributed by atoms with Gasteiger partial charge in [-0.3, -0.25) is 4.79 Å². The van der Waals surface area contributed by atoms with E-state index in [1.165, 1.54) is 11.8 Å². The predicted octanol–water partition coefficient (Wildman–Crippen LogP) is 2.81. The Kier molecular flexibility index (Phi) is 3.94. The number of rotatable bonds is 4. The Morgan fingerprint density at radius 2 is 1.89 bits per heavy atom. The fraction of sp³-hybridized carbons (Fsp3) is 0.154. The number of aryl methyl sites for hydroxylation is 2. The zero-order chi connectivity index (χ0) is 13.0. The van der Waals surface area contributed by atoms with E-state index in [1.54, 1.807) is 0 Å². The van der Waals surface area contributed by atoms with Gasteiger partial charge in [0.2, 0.25) is 6.41 Å². The van der Waals surface area contributed by atoms with Crippen LogP contribution in [-0.2, 0) is 4.79 Å². The number of nitrogens with one attached hydrogen (secondary N) is 1. The molecule has 0 saturated heterocycles. The van der Waals surface area contributed by atoms with Crippen molar-refractivity contribution < 1.29 is 4.79 Å². The lowest BCUT2D eigenvalue weighted by Crippen LogP contribution is -1.94. The van der Waals surface area contributed by atoms with Gasteiger partial charge in [0.25, 0.3) is 0 Å². The summed E-state index contributed by atoms with van der Waals surface area (Å²) in [6.07, 6.45) is 0.664. The molecule has 1 N–H and O–H groups in total. The second-order valence-electron chi connectivity index (χ2n) is 3.83. The number of aromatic nitrogens is 2. The number of benzene rings is 1. The van der Waals surface area contributed by atoms with Crippen LogP contribution in [0.3, 0.4) is 0 Å². The first kappa shape index (κ1) is 12.6. The van der Waals surface area contributed by atoms with Crippen molar-refractivity contribution in [3.63, 3.8) is 0 Å². The largest absolute Gasteiger partial charge is 0.329 e. The molecule has 2 aromatic rings. The first-order valence-corrected chi connectivity index (χ1v) is 6.29. The monoisotopic (exact) mass is 259 g/mol. The zero-order valence-corrected chi connectivity index (χ0v) is 11.0. The highest BCUT2D eigenvalue weighted by atomic mass is 32.2. The predicted molar refractivity (Wildman–Crippen MR) is 71.8 cm³/mol. The third-order valence-corrected chi connectivity index (χ3v) is 3.09. The Morgan fingerprint density at radius 1 is 1.17 bits per heavy atom. The Hall–Kier alpha value is -1.88. The van der Waals surface area contributed by atoms with Crippen LogP contribution in [0.5, 0.6) is 0 Å². The quantitative estimate of drug-likeness (QED) is 0.677. The molecule has 0 aliphatic heterocycles. The number of hydrogen-bond acceptors (Lipinski definition) is 4. The minimum atomic E-state index is 0.664. The highest BCUT2D eigenvalue weighted by Crippen LogP contribution is 2.26. The molecule has 1 aromatic heterocycles. The van der Waals surface area contributed by atoms with Crippen molar-refractivity contribution in [2.24, 2.45) is 0 Å². The third-order valence-electron chi connectivity index (χ3n) is 2.23. The summed E-state index contributed by atoms with van der Waals surface area (Å²) in [6, 6.07) is 9.51. The van der Waals surface area contributed by atoms with Crippen molar-refractivity contribution in [2.45, 2.75) is 23.9 Å². The molecule has 1 aromatic carbocycles. The highest BCUT2D eigenvalue weighted by molar-refractivity contribution is 7.99. The lowest BCUT2D eigenvalue weighted by Gasteiger charge is -2.04. The molecule has 0 aliphatic rings. The maximum atomic E-state index is 10.4. The molecule has 2 rings (SSSR count). The average Bonchev–Trinajstić information content (AvgIpc) is 2.28. The Labute approximate surface area is 110 Å². The standard InChI is InChI=1S/C13H13N3OS/c1-9-6-10(2)16-13(15-9)18-12-5-3-4-11(7-12)14-8-17/h3-8H,1-2H3,(H,14,17). The summed E-state index contributed by atoms with van der Waals surface area (Å²) in [4.78, 5) is 20.1. The molecule has 0 saturated carbocycles. The number of hydrogen-bond donors (Lipinski definition) is 1. The molecule has 1 amide bonds. The van der Waals surface area contributed by atoms with Crippen LogP contribution in [0.1, 0.15) is 11.4 Å². The maximum Gasteiger partial charge on any atom is 0.211 e. The van der Waals surface area contributed by atoms with Crippen molar-refractivity contribution in [1.82, 2.24) is 9.97 Å². The van der Waals surface area contributed by atoms with Crippen LogP contribution < -0.4 is 5.32 Å². The Morgan fingerprint density at radius 3 is 2.56 bits per heavy atom. The molecule has 0 spiro atoms. The molecular weight excluding hydrogens is 246 g/mol. The maximum absolute atomic E-state index is 10.4. The van der Waals surface area contributed by atoms with Crippen LogP contribution in [0.2, 0.25) is 0 Å². The van der Waals surface area contributed by atoms with Gasteiger partial charge >= 0.3 is 0 Å². The number of anilines is 1. The van der Waals surface area contributed by atoms with Crippen LogP contribution in [0.4, 0.5) is 5.69 Å². The summed E-state index contributed by atoms with van der Waals surface area (Å²) in [6.45, 7) is 3.90. The van der Waals surface area contributed by atoms with Gasteiger partial charge in [0.15, 0.2) is 5.16 Å². The van der Waals surface area contributed by atoms with E-state index in [9.17, 15) is 4.79 Å². The molecule has 92 valence electrons. The van der Waals surface area contributed by atoms with E-state index >= 15 is 0 Å². The van der Waals surface area contributed by atoms with Gasteiger partial charge in [0.05, 0.1) is 0 Å². The van der Waals surface area contributed by atoms with Gasteiger partial charge < -0.3 is 5.32 Å². The molecule has 0 bridgehead atoms. The van der Waals surface area contributed by atoms with Gasteiger partial charge in [-0.1, -0.05) is 6.07 Å². The minimum absolute atomic E-state index is 0.664. The van der Waals surface area contributed by atoms with E-state index in [4.69, 9.17) is 0 Å². The Bertz CT molecular complexity index is 552. The minimum Gasteiger partial charge on any atom is -0.329 e. The van der Waals surface area contributed by atoms with Crippen molar-refractivity contribution >= 4 is 23.9 Å². The summed E-state index contributed by atoms with van der Waals surface area (Å²) in [7, 11) is 0. The van der Waals surface area contributed by atoms with E-state index in [1.807, 2.05) is 44.2 Å². The molecule has 0 aliphatic carbocycles. The molecule has 5 heteroatoms. The van der Waals surface area contributed by atoms with E-state index in [2.05, 4.69) is 15.3 Å². The third kappa shape index (κ3) is 3.30. The summed E-state index contributed by atoms with van der Waals surface area (Å²) in [5.41, 5.74) is 2.67. The summed E-state index contributed by atoms with van der Waals surface area (Å²) >= 11 is 1.48. The van der Waals surface area contributed by atoms with Crippen molar-refractivity contribution in [1.29, 1.82) is 0 Å². The fourth-order valence-electron chi connectivity index (χ4n) is 1.56.